The van der Waals surface area contributed by atoms with Crippen LogP contribution in [0.2, 0.25) is 0 Å². The maximum atomic E-state index is 5.99. The molecule has 90 valence electrons. The molecule has 0 unspecified atom stereocenters. The number of nitrogens with two attached hydrogens (primary N) is 1. The van der Waals surface area contributed by atoms with E-state index < -0.39 is 0 Å². The molecule has 17 heavy (non-hydrogen) atoms. The van der Waals surface area contributed by atoms with Crippen LogP contribution in [0.15, 0.2) is 6.07 Å². The fraction of sp³-hybridized carbons (Fsp3) is 0.571. The van der Waals surface area contributed by atoms with Crippen LogP contribution >= 0.6 is 0 Å². The van der Waals surface area contributed by atoms with Crippen LogP contribution in [-0.2, 0) is 18.3 Å². The zero-order valence-electron chi connectivity index (χ0n) is 9.92. The molecule has 0 spiro atoms. The Kier molecular flexibility index (Phi) is 1.82. The third-order valence-corrected chi connectivity index (χ3v) is 4.43. The van der Waals surface area contributed by atoms with Crippen molar-refractivity contribution in [3.63, 3.8) is 0 Å². The number of hydrogen-bond acceptors (Lipinski definition) is 3. The molecule has 1 aliphatic carbocycles. The van der Waals surface area contributed by atoms with Gasteiger partial charge in [0.05, 0.1) is 13.2 Å². The Labute approximate surface area is 101 Å². The minimum absolute atomic E-state index is 0.202. The minimum atomic E-state index is 0.202. The number of ether oxygens (including phenoxy) is 2. The van der Waals surface area contributed by atoms with Gasteiger partial charge in [-0.05, 0) is 18.9 Å². The van der Waals surface area contributed by atoms with E-state index in [0.29, 0.717) is 0 Å². The van der Waals surface area contributed by atoms with Gasteiger partial charge in [0.15, 0.2) is 0 Å². The van der Waals surface area contributed by atoms with Crippen molar-refractivity contribution in [2.75, 3.05) is 19.8 Å². The standard InChI is InChI=1S/C14H17NO2/c15-8-14(3-4-14)12-10-2-6-16-11(10)7-9-1-5-17-13(9)12/h7H,1-6,8,15H2. The van der Waals surface area contributed by atoms with Gasteiger partial charge in [-0.15, -0.1) is 0 Å². The molecule has 0 amide bonds. The molecule has 0 atom stereocenters. The highest BCUT2D eigenvalue weighted by atomic mass is 16.5. The van der Waals surface area contributed by atoms with E-state index in [1.54, 1.807) is 0 Å². The Morgan fingerprint density at radius 2 is 2.00 bits per heavy atom. The van der Waals surface area contributed by atoms with Crippen molar-refractivity contribution in [1.29, 1.82) is 0 Å². The molecule has 3 aliphatic rings. The molecule has 2 N–H and O–H groups in total. The van der Waals surface area contributed by atoms with Gasteiger partial charge >= 0.3 is 0 Å². The SMILES string of the molecule is NCC1(c2c3c(cc4c2OCC4)OCC3)CC1. The van der Waals surface area contributed by atoms with Gasteiger partial charge in [-0.25, -0.2) is 0 Å². The Morgan fingerprint density at radius 3 is 2.76 bits per heavy atom. The second kappa shape index (κ2) is 3.16. The Morgan fingerprint density at radius 1 is 1.18 bits per heavy atom. The molecular weight excluding hydrogens is 214 g/mol. The van der Waals surface area contributed by atoms with E-state index in [4.69, 9.17) is 15.2 Å². The molecule has 0 aromatic heterocycles. The third-order valence-electron chi connectivity index (χ3n) is 4.43. The van der Waals surface area contributed by atoms with Crippen LogP contribution < -0.4 is 15.2 Å². The minimum Gasteiger partial charge on any atom is -0.493 e. The highest BCUT2D eigenvalue weighted by Gasteiger charge is 2.48. The fourth-order valence-electron chi connectivity index (χ4n) is 3.25. The van der Waals surface area contributed by atoms with Crippen LogP contribution in [-0.4, -0.2) is 19.8 Å². The monoisotopic (exact) mass is 231 g/mol. The summed E-state index contributed by atoms with van der Waals surface area (Å²) in [5.74, 6) is 2.22. The quantitative estimate of drug-likeness (QED) is 0.839. The predicted octanol–water partition coefficient (Wildman–Crippen LogP) is 1.55. The molecule has 1 aromatic rings. The molecule has 2 heterocycles. The average molecular weight is 231 g/mol. The second-order valence-corrected chi connectivity index (χ2v) is 5.40. The van der Waals surface area contributed by atoms with Crippen molar-refractivity contribution in [1.82, 2.24) is 0 Å². The summed E-state index contributed by atoms with van der Waals surface area (Å²) in [4.78, 5) is 0. The van der Waals surface area contributed by atoms with E-state index in [9.17, 15) is 0 Å². The summed E-state index contributed by atoms with van der Waals surface area (Å²) in [5.41, 5.74) is 10.3. The molecule has 1 aromatic carbocycles. The number of benzene rings is 1. The molecule has 0 bridgehead atoms. The van der Waals surface area contributed by atoms with Crippen molar-refractivity contribution in [3.05, 3.63) is 22.8 Å². The van der Waals surface area contributed by atoms with Gasteiger partial charge in [0, 0.05) is 41.5 Å². The maximum Gasteiger partial charge on any atom is 0.126 e. The van der Waals surface area contributed by atoms with Crippen LogP contribution in [0.3, 0.4) is 0 Å². The van der Waals surface area contributed by atoms with Crippen molar-refractivity contribution >= 4 is 0 Å². The lowest BCUT2D eigenvalue weighted by Gasteiger charge is -2.20. The summed E-state index contributed by atoms with van der Waals surface area (Å²) in [7, 11) is 0. The van der Waals surface area contributed by atoms with Crippen molar-refractivity contribution in [3.8, 4) is 11.5 Å². The number of hydrogen-bond donors (Lipinski definition) is 1. The van der Waals surface area contributed by atoms with Crippen LogP contribution in [0.4, 0.5) is 0 Å². The first-order chi connectivity index (χ1) is 8.34. The zero-order valence-corrected chi connectivity index (χ0v) is 9.92. The Balaban J connectivity index is 1.97. The van der Waals surface area contributed by atoms with Crippen LogP contribution in [0.5, 0.6) is 11.5 Å². The topological polar surface area (TPSA) is 44.5 Å². The summed E-state index contributed by atoms with van der Waals surface area (Å²) >= 11 is 0. The molecule has 1 fully saturated rings. The lowest BCUT2D eigenvalue weighted by Crippen LogP contribution is -2.22. The average Bonchev–Trinajstić information content (AvgIpc) is 2.77. The molecule has 4 rings (SSSR count). The normalized spacial score (nSPS) is 22.6. The van der Waals surface area contributed by atoms with E-state index in [1.807, 2.05) is 0 Å². The Hall–Kier alpha value is -1.22. The van der Waals surface area contributed by atoms with E-state index >= 15 is 0 Å². The summed E-state index contributed by atoms with van der Waals surface area (Å²) in [6, 6.07) is 2.18. The molecule has 3 nitrogen and oxygen atoms in total. The van der Waals surface area contributed by atoms with Crippen molar-refractivity contribution in [2.24, 2.45) is 5.73 Å². The summed E-state index contributed by atoms with van der Waals surface area (Å²) in [5, 5.41) is 0. The van der Waals surface area contributed by atoms with Gasteiger partial charge in [-0.1, -0.05) is 0 Å². The number of rotatable bonds is 2. The fourth-order valence-corrected chi connectivity index (χ4v) is 3.25. The van der Waals surface area contributed by atoms with Gasteiger partial charge < -0.3 is 15.2 Å². The van der Waals surface area contributed by atoms with Crippen LogP contribution in [0, 0.1) is 0 Å². The Bertz CT molecular complexity index is 459. The largest absolute Gasteiger partial charge is 0.493 e. The maximum absolute atomic E-state index is 5.99. The smallest absolute Gasteiger partial charge is 0.126 e. The predicted molar refractivity (Wildman–Crippen MR) is 64.8 cm³/mol. The highest BCUT2D eigenvalue weighted by Crippen LogP contribution is 2.56. The van der Waals surface area contributed by atoms with Gasteiger partial charge in [-0.3, -0.25) is 0 Å². The summed E-state index contributed by atoms with van der Waals surface area (Å²) in [6.07, 6.45) is 4.44. The van der Waals surface area contributed by atoms with E-state index in [0.717, 1.165) is 44.1 Å². The first kappa shape index (κ1) is 9.77. The van der Waals surface area contributed by atoms with Gasteiger partial charge in [-0.2, -0.15) is 0 Å². The molecule has 1 saturated carbocycles. The van der Waals surface area contributed by atoms with Crippen molar-refractivity contribution < 1.29 is 9.47 Å². The van der Waals surface area contributed by atoms with Gasteiger partial charge in [0.2, 0.25) is 0 Å². The van der Waals surface area contributed by atoms with Gasteiger partial charge in [0.1, 0.15) is 11.5 Å². The van der Waals surface area contributed by atoms with Crippen LogP contribution in [0.1, 0.15) is 29.5 Å². The lowest BCUT2D eigenvalue weighted by molar-refractivity contribution is 0.349. The van der Waals surface area contributed by atoms with Crippen molar-refractivity contribution in [2.45, 2.75) is 31.1 Å². The first-order valence-corrected chi connectivity index (χ1v) is 6.49. The van der Waals surface area contributed by atoms with E-state index in [1.165, 1.54) is 29.5 Å². The zero-order chi connectivity index (χ0) is 11.5. The lowest BCUT2D eigenvalue weighted by atomic mass is 9.87. The first-order valence-electron chi connectivity index (χ1n) is 6.49. The summed E-state index contributed by atoms with van der Waals surface area (Å²) in [6.45, 7) is 2.36. The van der Waals surface area contributed by atoms with Crippen LogP contribution in [0.25, 0.3) is 0 Å². The van der Waals surface area contributed by atoms with Gasteiger partial charge in [0.25, 0.3) is 0 Å². The summed E-state index contributed by atoms with van der Waals surface area (Å²) < 4.78 is 11.6. The molecule has 0 radical (unpaired) electrons. The van der Waals surface area contributed by atoms with E-state index in [2.05, 4.69) is 6.07 Å². The third kappa shape index (κ3) is 1.20. The second-order valence-electron chi connectivity index (χ2n) is 5.40. The highest BCUT2D eigenvalue weighted by molar-refractivity contribution is 5.61. The number of fused-ring (bicyclic) bond motifs is 2. The molecular formula is C14H17NO2. The van der Waals surface area contributed by atoms with E-state index in [-0.39, 0.29) is 5.41 Å². The molecule has 2 aliphatic heterocycles. The molecule has 3 heteroatoms. The molecule has 0 saturated heterocycles.